The van der Waals surface area contributed by atoms with Gasteiger partial charge in [-0.05, 0) is 17.7 Å². The molecule has 154 valence electrons. The molecule has 0 spiro atoms. The minimum absolute atomic E-state index is 0.129. The first-order valence-corrected chi connectivity index (χ1v) is 10.0. The maximum atomic E-state index is 11.9. The van der Waals surface area contributed by atoms with Crippen LogP contribution in [0.3, 0.4) is 0 Å². The molecule has 1 saturated heterocycles. The quantitative estimate of drug-likeness (QED) is 0.470. The van der Waals surface area contributed by atoms with Crippen molar-refractivity contribution in [3.63, 3.8) is 0 Å². The average Bonchev–Trinajstić information content (AvgIpc) is 2.76. The zero-order chi connectivity index (χ0) is 20.9. The molecule has 0 radical (unpaired) electrons. The standard InChI is InChI=1S/C21H21ClN6O2/c22-17-8-4-5-9-18(17)25-20-19(28(29)30)21(24-15-23-20)27-12-10-26(11-13-27)14-16-6-2-1-3-7-16/h1-9,15H,10-14H2,(H,23,24,25). The Morgan fingerprint density at radius 3 is 2.40 bits per heavy atom. The molecule has 2 aromatic carbocycles. The Balaban J connectivity index is 1.52. The van der Waals surface area contributed by atoms with Crippen molar-refractivity contribution in [3.8, 4) is 0 Å². The van der Waals surface area contributed by atoms with E-state index in [1.807, 2.05) is 23.1 Å². The molecule has 1 aliphatic rings. The molecule has 9 heteroatoms. The van der Waals surface area contributed by atoms with Gasteiger partial charge in [-0.15, -0.1) is 0 Å². The van der Waals surface area contributed by atoms with Crippen LogP contribution >= 0.6 is 11.6 Å². The van der Waals surface area contributed by atoms with Crippen LogP contribution in [-0.2, 0) is 6.54 Å². The lowest BCUT2D eigenvalue weighted by atomic mass is 10.2. The summed E-state index contributed by atoms with van der Waals surface area (Å²) in [4.78, 5) is 24.1. The minimum Gasteiger partial charge on any atom is -0.348 e. The fourth-order valence-corrected chi connectivity index (χ4v) is 3.69. The summed E-state index contributed by atoms with van der Waals surface area (Å²) in [6, 6.07) is 17.3. The van der Waals surface area contributed by atoms with Crippen LogP contribution in [0, 0.1) is 10.1 Å². The van der Waals surface area contributed by atoms with Crippen molar-refractivity contribution in [1.29, 1.82) is 0 Å². The third-order valence-corrected chi connectivity index (χ3v) is 5.36. The monoisotopic (exact) mass is 424 g/mol. The van der Waals surface area contributed by atoms with Gasteiger partial charge in [0, 0.05) is 32.7 Å². The zero-order valence-electron chi connectivity index (χ0n) is 16.2. The molecule has 1 fully saturated rings. The summed E-state index contributed by atoms with van der Waals surface area (Å²) < 4.78 is 0. The van der Waals surface area contributed by atoms with Gasteiger partial charge < -0.3 is 10.2 Å². The topological polar surface area (TPSA) is 87.4 Å². The van der Waals surface area contributed by atoms with Gasteiger partial charge in [0.1, 0.15) is 6.33 Å². The largest absolute Gasteiger partial charge is 0.353 e. The molecule has 0 atom stereocenters. The number of anilines is 3. The van der Waals surface area contributed by atoms with Gasteiger partial charge >= 0.3 is 5.69 Å². The molecule has 8 nitrogen and oxygen atoms in total. The highest BCUT2D eigenvalue weighted by Crippen LogP contribution is 2.35. The highest BCUT2D eigenvalue weighted by Gasteiger charge is 2.29. The average molecular weight is 425 g/mol. The fraction of sp³-hybridized carbons (Fsp3) is 0.238. The van der Waals surface area contributed by atoms with Gasteiger partial charge in [-0.1, -0.05) is 54.1 Å². The lowest BCUT2D eigenvalue weighted by Gasteiger charge is -2.35. The van der Waals surface area contributed by atoms with Crippen LogP contribution in [0.1, 0.15) is 5.56 Å². The van der Waals surface area contributed by atoms with Crippen molar-refractivity contribution in [3.05, 3.63) is 81.6 Å². The van der Waals surface area contributed by atoms with E-state index >= 15 is 0 Å². The molecule has 0 aliphatic carbocycles. The van der Waals surface area contributed by atoms with Crippen molar-refractivity contribution >= 4 is 34.6 Å². The van der Waals surface area contributed by atoms with Crippen LogP contribution in [0.4, 0.5) is 23.0 Å². The Morgan fingerprint density at radius 1 is 1.00 bits per heavy atom. The van der Waals surface area contributed by atoms with Crippen LogP contribution in [0.15, 0.2) is 60.9 Å². The number of para-hydroxylation sites is 1. The Bertz CT molecular complexity index is 1030. The smallest absolute Gasteiger partial charge is 0.348 e. The number of nitrogens with zero attached hydrogens (tertiary/aromatic N) is 5. The first-order chi connectivity index (χ1) is 14.6. The zero-order valence-corrected chi connectivity index (χ0v) is 17.0. The molecular weight excluding hydrogens is 404 g/mol. The normalized spacial score (nSPS) is 14.5. The third kappa shape index (κ3) is 4.50. The predicted octanol–water partition coefficient (Wildman–Crippen LogP) is 4.10. The van der Waals surface area contributed by atoms with Gasteiger partial charge in [-0.3, -0.25) is 15.0 Å². The molecule has 1 aliphatic heterocycles. The number of benzene rings is 2. The maximum absolute atomic E-state index is 11.9. The van der Waals surface area contributed by atoms with Crippen molar-refractivity contribution in [2.75, 3.05) is 36.4 Å². The second-order valence-corrected chi connectivity index (χ2v) is 7.41. The summed E-state index contributed by atoms with van der Waals surface area (Å²) in [6.45, 7) is 3.75. The van der Waals surface area contributed by atoms with E-state index in [9.17, 15) is 10.1 Å². The number of hydrogen-bond acceptors (Lipinski definition) is 7. The van der Waals surface area contributed by atoms with E-state index in [0.29, 0.717) is 29.6 Å². The Morgan fingerprint density at radius 2 is 1.70 bits per heavy atom. The predicted molar refractivity (Wildman–Crippen MR) is 117 cm³/mol. The fourth-order valence-electron chi connectivity index (χ4n) is 3.51. The van der Waals surface area contributed by atoms with E-state index < -0.39 is 4.92 Å². The molecule has 3 aromatic rings. The van der Waals surface area contributed by atoms with Gasteiger partial charge in [-0.25, -0.2) is 9.97 Å². The van der Waals surface area contributed by atoms with E-state index in [2.05, 4.69) is 32.3 Å². The van der Waals surface area contributed by atoms with E-state index in [-0.39, 0.29) is 11.5 Å². The summed E-state index contributed by atoms with van der Waals surface area (Å²) in [5.74, 6) is 0.453. The SMILES string of the molecule is O=[N+]([O-])c1c(Nc2ccccc2Cl)ncnc1N1CCN(Cc2ccccc2)CC1. The molecule has 1 aromatic heterocycles. The van der Waals surface area contributed by atoms with Crippen molar-refractivity contribution in [2.24, 2.45) is 0 Å². The molecule has 0 bridgehead atoms. The van der Waals surface area contributed by atoms with Crippen LogP contribution < -0.4 is 10.2 Å². The first-order valence-electron chi connectivity index (χ1n) is 9.64. The molecule has 0 saturated carbocycles. The maximum Gasteiger partial charge on any atom is 0.353 e. The molecule has 0 amide bonds. The van der Waals surface area contributed by atoms with E-state index in [4.69, 9.17) is 11.6 Å². The molecule has 0 unspecified atom stereocenters. The lowest BCUT2D eigenvalue weighted by Crippen LogP contribution is -2.46. The van der Waals surface area contributed by atoms with Gasteiger partial charge in [0.2, 0.25) is 11.6 Å². The highest BCUT2D eigenvalue weighted by atomic mass is 35.5. The first kappa shape index (κ1) is 20.1. The van der Waals surface area contributed by atoms with Crippen LogP contribution in [0.5, 0.6) is 0 Å². The van der Waals surface area contributed by atoms with Crippen LogP contribution in [0.2, 0.25) is 5.02 Å². The molecule has 4 rings (SSSR count). The Labute approximate surface area is 179 Å². The van der Waals surface area contributed by atoms with Gasteiger partial charge in [0.05, 0.1) is 15.6 Å². The summed E-state index contributed by atoms with van der Waals surface area (Å²) in [7, 11) is 0. The van der Waals surface area contributed by atoms with Gasteiger partial charge in [0.25, 0.3) is 0 Å². The van der Waals surface area contributed by atoms with Crippen LogP contribution in [0.25, 0.3) is 0 Å². The van der Waals surface area contributed by atoms with E-state index in [1.165, 1.54) is 11.9 Å². The molecular formula is C21H21ClN6O2. The minimum atomic E-state index is -0.440. The second-order valence-electron chi connectivity index (χ2n) is 7.01. The van der Waals surface area contributed by atoms with E-state index in [0.717, 1.165) is 19.6 Å². The lowest BCUT2D eigenvalue weighted by molar-refractivity contribution is -0.383. The van der Waals surface area contributed by atoms with Crippen molar-refractivity contribution < 1.29 is 4.92 Å². The van der Waals surface area contributed by atoms with Gasteiger partial charge in [0.15, 0.2) is 0 Å². The number of nitro groups is 1. The Kier molecular flexibility index (Phi) is 6.06. The summed E-state index contributed by atoms with van der Waals surface area (Å²) in [5.41, 5.74) is 1.67. The third-order valence-electron chi connectivity index (χ3n) is 5.03. The van der Waals surface area contributed by atoms with Crippen molar-refractivity contribution in [2.45, 2.75) is 6.54 Å². The highest BCUT2D eigenvalue weighted by molar-refractivity contribution is 6.33. The summed E-state index contributed by atoms with van der Waals surface area (Å²) >= 11 is 6.19. The summed E-state index contributed by atoms with van der Waals surface area (Å²) in [5, 5.41) is 15.3. The van der Waals surface area contributed by atoms with Crippen molar-refractivity contribution in [1.82, 2.24) is 14.9 Å². The number of rotatable bonds is 6. The molecule has 2 heterocycles. The number of piperazine rings is 1. The van der Waals surface area contributed by atoms with E-state index in [1.54, 1.807) is 24.3 Å². The van der Waals surface area contributed by atoms with Crippen LogP contribution in [-0.4, -0.2) is 46.0 Å². The number of halogens is 1. The summed E-state index contributed by atoms with van der Waals surface area (Å²) in [6.07, 6.45) is 1.35. The van der Waals surface area contributed by atoms with Gasteiger partial charge in [-0.2, -0.15) is 0 Å². The number of hydrogen-bond donors (Lipinski definition) is 1. The Hall–Kier alpha value is -3.23. The molecule has 30 heavy (non-hydrogen) atoms. The number of aromatic nitrogens is 2. The number of nitrogens with one attached hydrogen (secondary N) is 1. The second kappa shape index (κ2) is 9.06. The molecule has 1 N–H and O–H groups in total.